The largest absolute Gasteiger partial charge is 0.486 e. The van der Waals surface area contributed by atoms with Crippen LogP contribution in [0.4, 0.5) is 5.69 Å². The first-order chi connectivity index (χ1) is 12.0. The van der Waals surface area contributed by atoms with Crippen molar-refractivity contribution in [3.8, 4) is 11.5 Å². The van der Waals surface area contributed by atoms with E-state index in [4.69, 9.17) is 9.47 Å². The Morgan fingerprint density at radius 2 is 1.96 bits per heavy atom. The van der Waals surface area contributed by atoms with Gasteiger partial charge < -0.3 is 14.8 Å². The van der Waals surface area contributed by atoms with Gasteiger partial charge in [0, 0.05) is 16.7 Å². The molecule has 1 N–H and O–H groups in total. The average Bonchev–Trinajstić information content (AvgIpc) is 2.61. The van der Waals surface area contributed by atoms with E-state index in [2.05, 4.69) is 21.2 Å². The highest BCUT2D eigenvalue weighted by atomic mass is 79.9. The third-order valence-electron chi connectivity index (χ3n) is 4.17. The number of fused-ring (bicyclic) bond motifs is 1. The zero-order valence-corrected chi connectivity index (χ0v) is 15.9. The van der Waals surface area contributed by atoms with Crippen LogP contribution in [-0.2, 0) is 11.3 Å². The van der Waals surface area contributed by atoms with Crippen LogP contribution in [0.3, 0.4) is 0 Å². The lowest BCUT2D eigenvalue weighted by atomic mass is 10.1. The molecular formula is C19H21BrN2O3. The highest BCUT2D eigenvalue weighted by Crippen LogP contribution is 2.31. The van der Waals surface area contributed by atoms with Gasteiger partial charge in [-0.15, -0.1) is 0 Å². The molecule has 2 aromatic rings. The van der Waals surface area contributed by atoms with Crippen molar-refractivity contribution in [3.05, 3.63) is 52.5 Å². The summed E-state index contributed by atoms with van der Waals surface area (Å²) in [6.07, 6.45) is 0. The number of hydrogen-bond acceptors (Lipinski definition) is 4. The van der Waals surface area contributed by atoms with Gasteiger partial charge in [-0.2, -0.15) is 0 Å². The lowest BCUT2D eigenvalue weighted by Crippen LogP contribution is -2.39. The Balaban J connectivity index is 1.62. The van der Waals surface area contributed by atoms with E-state index in [1.165, 1.54) is 0 Å². The molecule has 0 bridgehead atoms. The Morgan fingerprint density at radius 3 is 2.72 bits per heavy atom. The number of nitrogens with zero attached hydrogens (tertiary/aromatic N) is 1. The highest BCUT2D eigenvalue weighted by molar-refractivity contribution is 9.10. The van der Waals surface area contributed by atoms with Gasteiger partial charge in [0.1, 0.15) is 13.2 Å². The van der Waals surface area contributed by atoms with Crippen molar-refractivity contribution in [2.75, 3.05) is 25.6 Å². The second kappa shape index (κ2) is 7.89. The number of amides is 1. The van der Waals surface area contributed by atoms with E-state index < -0.39 is 0 Å². The van der Waals surface area contributed by atoms with Crippen LogP contribution < -0.4 is 14.8 Å². The lowest BCUT2D eigenvalue weighted by molar-refractivity contribution is -0.120. The summed E-state index contributed by atoms with van der Waals surface area (Å²) in [7, 11) is 1.93. The minimum absolute atomic E-state index is 0.0434. The molecule has 0 radical (unpaired) electrons. The summed E-state index contributed by atoms with van der Waals surface area (Å²) >= 11 is 3.41. The Hall–Kier alpha value is -2.05. The van der Waals surface area contributed by atoms with Gasteiger partial charge in [0.15, 0.2) is 11.5 Å². The van der Waals surface area contributed by atoms with Crippen molar-refractivity contribution in [1.29, 1.82) is 0 Å². The normalized spacial score (nSPS) is 14.2. The topological polar surface area (TPSA) is 50.8 Å². The maximum absolute atomic E-state index is 12.5. The summed E-state index contributed by atoms with van der Waals surface area (Å²) in [6, 6.07) is 13.2. The van der Waals surface area contributed by atoms with E-state index in [9.17, 15) is 4.79 Å². The molecule has 0 saturated carbocycles. The molecule has 5 nitrogen and oxygen atoms in total. The van der Waals surface area contributed by atoms with Crippen molar-refractivity contribution in [3.63, 3.8) is 0 Å². The number of nitrogens with one attached hydrogen (secondary N) is 1. The molecule has 1 aliphatic rings. The first kappa shape index (κ1) is 17.8. The Kier molecular flexibility index (Phi) is 5.60. The van der Waals surface area contributed by atoms with E-state index in [-0.39, 0.29) is 11.9 Å². The Labute approximate surface area is 156 Å². The number of anilines is 1. The number of benzene rings is 2. The molecule has 1 heterocycles. The molecule has 0 fully saturated rings. The molecule has 1 atom stereocenters. The van der Waals surface area contributed by atoms with Crippen LogP contribution in [0.2, 0.25) is 0 Å². The summed E-state index contributed by atoms with van der Waals surface area (Å²) < 4.78 is 12.1. The van der Waals surface area contributed by atoms with E-state index in [1.807, 2.05) is 61.3 Å². The molecule has 1 amide bonds. The van der Waals surface area contributed by atoms with Gasteiger partial charge in [0.05, 0.1) is 6.04 Å². The summed E-state index contributed by atoms with van der Waals surface area (Å²) in [5, 5.41) is 2.94. The molecule has 132 valence electrons. The number of ether oxygens (including phenoxy) is 2. The molecule has 0 aromatic heterocycles. The maximum atomic E-state index is 12.5. The van der Waals surface area contributed by atoms with Crippen molar-refractivity contribution >= 4 is 27.5 Å². The fraction of sp³-hybridized carbons (Fsp3) is 0.316. The van der Waals surface area contributed by atoms with Crippen LogP contribution in [0.5, 0.6) is 11.5 Å². The standard InChI is InChI=1S/C19H21BrN2O3/c1-13(19(23)21-16-5-3-4-15(20)11-16)22(2)12-14-6-7-17-18(10-14)25-9-8-24-17/h3-7,10-11,13H,8-9,12H2,1-2H3,(H,21,23). The Bertz CT molecular complexity index is 766. The van der Waals surface area contributed by atoms with E-state index in [1.54, 1.807) is 0 Å². The lowest BCUT2D eigenvalue weighted by Gasteiger charge is -2.25. The van der Waals surface area contributed by atoms with Crippen LogP contribution >= 0.6 is 15.9 Å². The van der Waals surface area contributed by atoms with Gasteiger partial charge in [-0.05, 0) is 49.9 Å². The van der Waals surface area contributed by atoms with Gasteiger partial charge >= 0.3 is 0 Å². The van der Waals surface area contributed by atoms with Gasteiger partial charge in [0.2, 0.25) is 5.91 Å². The van der Waals surface area contributed by atoms with Crippen LogP contribution in [-0.4, -0.2) is 37.1 Å². The predicted molar refractivity (Wildman–Crippen MR) is 101 cm³/mol. The predicted octanol–water partition coefficient (Wildman–Crippen LogP) is 3.68. The molecule has 1 unspecified atom stereocenters. The third-order valence-corrected chi connectivity index (χ3v) is 4.66. The zero-order valence-electron chi connectivity index (χ0n) is 14.3. The molecule has 0 spiro atoms. The van der Waals surface area contributed by atoms with Crippen LogP contribution in [0.25, 0.3) is 0 Å². The van der Waals surface area contributed by atoms with Crippen molar-refractivity contribution in [1.82, 2.24) is 4.90 Å². The SMILES string of the molecule is CC(C(=O)Nc1cccc(Br)c1)N(C)Cc1ccc2c(c1)OCCO2. The molecule has 1 aliphatic heterocycles. The minimum Gasteiger partial charge on any atom is -0.486 e. The zero-order chi connectivity index (χ0) is 17.8. The Morgan fingerprint density at radius 1 is 1.20 bits per heavy atom. The molecule has 6 heteroatoms. The quantitative estimate of drug-likeness (QED) is 0.825. The molecule has 25 heavy (non-hydrogen) atoms. The van der Waals surface area contributed by atoms with Gasteiger partial charge in [-0.1, -0.05) is 28.1 Å². The van der Waals surface area contributed by atoms with Gasteiger partial charge in [-0.3, -0.25) is 9.69 Å². The number of rotatable bonds is 5. The molecule has 2 aromatic carbocycles. The summed E-state index contributed by atoms with van der Waals surface area (Å²) in [5.41, 5.74) is 1.85. The monoisotopic (exact) mass is 404 g/mol. The average molecular weight is 405 g/mol. The third kappa shape index (κ3) is 4.52. The summed E-state index contributed by atoms with van der Waals surface area (Å²) in [4.78, 5) is 14.5. The number of carbonyl (C=O) groups excluding carboxylic acids is 1. The fourth-order valence-electron chi connectivity index (χ4n) is 2.62. The van der Waals surface area contributed by atoms with Crippen molar-refractivity contribution in [2.24, 2.45) is 0 Å². The van der Waals surface area contributed by atoms with Gasteiger partial charge in [0.25, 0.3) is 0 Å². The minimum atomic E-state index is -0.271. The second-order valence-corrected chi connectivity index (χ2v) is 6.98. The van der Waals surface area contributed by atoms with E-state index in [0.29, 0.717) is 19.8 Å². The van der Waals surface area contributed by atoms with Crippen LogP contribution in [0.1, 0.15) is 12.5 Å². The molecule has 3 rings (SSSR count). The molecule has 0 aliphatic carbocycles. The number of carbonyl (C=O) groups is 1. The first-order valence-electron chi connectivity index (χ1n) is 8.18. The summed E-state index contributed by atoms with van der Waals surface area (Å²) in [5.74, 6) is 1.50. The van der Waals surface area contributed by atoms with Crippen LogP contribution in [0, 0.1) is 0 Å². The van der Waals surface area contributed by atoms with Gasteiger partial charge in [-0.25, -0.2) is 0 Å². The maximum Gasteiger partial charge on any atom is 0.241 e. The number of halogens is 1. The van der Waals surface area contributed by atoms with Crippen LogP contribution in [0.15, 0.2) is 46.9 Å². The second-order valence-electron chi connectivity index (χ2n) is 6.07. The molecular weight excluding hydrogens is 384 g/mol. The first-order valence-corrected chi connectivity index (χ1v) is 8.97. The summed E-state index contributed by atoms with van der Waals surface area (Å²) in [6.45, 7) is 3.69. The molecule has 0 saturated heterocycles. The van der Waals surface area contributed by atoms with E-state index >= 15 is 0 Å². The van der Waals surface area contributed by atoms with Crippen molar-refractivity contribution < 1.29 is 14.3 Å². The number of hydrogen-bond donors (Lipinski definition) is 1. The highest BCUT2D eigenvalue weighted by Gasteiger charge is 2.19. The van der Waals surface area contributed by atoms with Crippen molar-refractivity contribution in [2.45, 2.75) is 19.5 Å². The fourth-order valence-corrected chi connectivity index (χ4v) is 3.02. The smallest absolute Gasteiger partial charge is 0.241 e. The number of likely N-dealkylation sites (N-methyl/N-ethyl adjacent to an activating group) is 1. The van der Waals surface area contributed by atoms with E-state index in [0.717, 1.165) is 27.2 Å².